The largest absolute Gasteiger partial charge is 0.308 e. The van der Waals surface area contributed by atoms with Crippen LogP contribution >= 0.6 is 11.6 Å². The molecule has 0 aliphatic rings. The molecule has 1 rings (SSSR count). The van der Waals surface area contributed by atoms with Crippen molar-refractivity contribution in [2.24, 2.45) is 5.92 Å². The fourth-order valence-corrected chi connectivity index (χ4v) is 2.17. The summed E-state index contributed by atoms with van der Waals surface area (Å²) >= 11 is 5.71. The first-order valence-electron chi connectivity index (χ1n) is 6.67. The van der Waals surface area contributed by atoms with Crippen molar-refractivity contribution >= 4 is 11.6 Å². The third kappa shape index (κ3) is 5.09. The van der Waals surface area contributed by atoms with Gasteiger partial charge in [0.05, 0.1) is 5.02 Å². The van der Waals surface area contributed by atoms with Gasteiger partial charge < -0.3 is 10.2 Å². The first-order valence-corrected chi connectivity index (χ1v) is 7.04. The number of hydrogen-bond donors (Lipinski definition) is 1. The molecule has 4 heteroatoms. The molecule has 0 radical (unpaired) electrons. The van der Waals surface area contributed by atoms with Crippen molar-refractivity contribution < 1.29 is 4.39 Å². The summed E-state index contributed by atoms with van der Waals surface area (Å²) < 4.78 is 13.5. The molecule has 1 aromatic carbocycles. The van der Waals surface area contributed by atoms with E-state index in [9.17, 15) is 4.39 Å². The first-order chi connectivity index (χ1) is 8.81. The molecule has 1 N–H and O–H groups in total. The van der Waals surface area contributed by atoms with Crippen LogP contribution in [-0.2, 0) is 0 Å². The Hall–Kier alpha value is -0.640. The third-order valence-electron chi connectivity index (χ3n) is 3.27. The monoisotopic (exact) mass is 286 g/mol. The lowest BCUT2D eigenvalue weighted by Crippen LogP contribution is -2.43. The molecule has 19 heavy (non-hydrogen) atoms. The smallest absolute Gasteiger partial charge is 0.142 e. The van der Waals surface area contributed by atoms with Crippen LogP contribution in [0.1, 0.15) is 32.4 Å². The summed E-state index contributed by atoms with van der Waals surface area (Å²) in [6.45, 7) is 7.39. The molecule has 0 spiro atoms. The summed E-state index contributed by atoms with van der Waals surface area (Å²) in [5, 5.41) is 3.73. The minimum atomic E-state index is -0.360. The van der Waals surface area contributed by atoms with Crippen LogP contribution in [0.25, 0.3) is 0 Å². The number of halogens is 2. The molecule has 2 unspecified atom stereocenters. The van der Waals surface area contributed by atoms with Gasteiger partial charge in [-0.1, -0.05) is 31.5 Å². The summed E-state index contributed by atoms with van der Waals surface area (Å²) in [5.41, 5.74) is 0.923. The first kappa shape index (κ1) is 16.4. The second-order valence-corrected chi connectivity index (χ2v) is 6.08. The number of nitrogens with one attached hydrogen (secondary N) is 1. The molecule has 0 saturated carbocycles. The molecule has 1 aromatic rings. The van der Waals surface area contributed by atoms with Crippen LogP contribution in [0.4, 0.5) is 4.39 Å². The molecule has 0 fully saturated rings. The summed E-state index contributed by atoms with van der Waals surface area (Å²) in [7, 11) is 4.12. The average Bonchev–Trinajstić information content (AvgIpc) is 2.31. The Labute approximate surface area is 120 Å². The molecule has 0 saturated heterocycles. The van der Waals surface area contributed by atoms with Gasteiger partial charge in [0.2, 0.25) is 0 Å². The summed E-state index contributed by atoms with van der Waals surface area (Å²) in [6, 6.07) is 5.45. The van der Waals surface area contributed by atoms with Crippen LogP contribution in [0.3, 0.4) is 0 Å². The molecule has 0 aromatic heterocycles. The maximum atomic E-state index is 13.5. The Morgan fingerprint density at radius 3 is 2.37 bits per heavy atom. The zero-order valence-electron chi connectivity index (χ0n) is 12.4. The Morgan fingerprint density at radius 1 is 1.26 bits per heavy atom. The van der Waals surface area contributed by atoms with Crippen molar-refractivity contribution in [2.75, 3.05) is 20.6 Å². The van der Waals surface area contributed by atoms with Crippen LogP contribution < -0.4 is 5.32 Å². The minimum Gasteiger partial charge on any atom is -0.308 e. The molecule has 0 aliphatic carbocycles. The number of hydrogen-bond acceptors (Lipinski definition) is 2. The fourth-order valence-electron chi connectivity index (χ4n) is 2.05. The van der Waals surface area contributed by atoms with Gasteiger partial charge in [0.25, 0.3) is 0 Å². The van der Waals surface area contributed by atoms with Gasteiger partial charge in [-0.3, -0.25) is 0 Å². The Balaban J connectivity index is 2.75. The van der Waals surface area contributed by atoms with Crippen molar-refractivity contribution in [3.63, 3.8) is 0 Å². The van der Waals surface area contributed by atoms with E-state index < -0.39 is 0 Å². The molecule has 0 bridgehead atoms. The number of nitrogens with zero attached hydrogens (tertiary/aromatic N) is 1. The van der Waals surface area contributed by atoms with Gasteiger partial charge in [-0.15, -0.1) is 0 Å². The van der Waals surface area contributed by atoms with E-state index in [0.29, 0.717) is 12.0 Å². The second kappa shape index (κ2) is 7.22. The van der Waals surface area contributed by atoms with Gasteiger partial charge in [0, 0.05) is 18.6 Å². The molecule has 2 nitrogen and oxygen atoms in total. The molecule has 108 valence electrons. The predicted molar refractivity (Wildman–Crippen MR) is 80.1 cm³/mol. The zero-order chi connectivity index (χ0) is 14.6. The van der Waals surface area contributed by atoms with E-state index >= 15 is 0 Å². The maximum Gasteiger partial charge on any atom is 0.142 e. The predicted octanol–water partition coefficient (Wildman–Crippen LogP) is 3.72. The summed E-state index contributed by atoms with van der Waals surface area (Å²) in [5.74, 6) is 0.156. The van der Waals surface area contributed by atoms with E-state index in [1.54, 1.807) is 6.07 Å². The Morgan fingerprint density at radius 2 is 1.89 bits per heavy atom. The maximum absolute atomic E-state index is 13.5. The molecular weight excluding hydrogens is 263 g/mol. The second-order valence-electron chi connectivity index (χ2n) is 5.67. The van der Waals surface area contributed by atoms with Crippen molar-refractivity contribution in [3.05, 3.63) is 34.6 Å². The van der Waals surface area contributed by atoms with Crippen LogP contribution in [0, 0.1) is 11.7 Å². The third-order valence-corrected chi connectivity index (χ3v) is 3.58. The average molecular weight is 287 g/mol. The Kier molecular flexibility index (Phi) is 6.24. The highest BCUT2D eigenvalue weighted by Crippen LogP contribution is 2.21. The molecule has 0 heterocycles. The SMILES string of the molecule is CC(NC(CN(C)C)C(C)C)c1ccc(Cl)c(F)c1. The Bertz CT molecular complexity index is 407. The zero-order valence-corrected chi connectivity index (χ0v) is 13.1. The van der Waals surface area contributed by atoms with E-state index in [1.807, 2.05) is 13.0 Å². The van der Waals surface area contributed by atoms with Crippen molar-refractivity contribution in [1.29, 1.82) is 0 Å². The number of likely N-dealkylation sites (N-methyl/N-ethyl adjacent to an activating group) is 1. The van der Waals surface area contributed by atoms with Crippen molar-refractivity contribution in [2.45, 2.75) is 32.9 Å². The normalized spacial score (nSPS) is 15.0. The number of benzene rings is 1. The van der Waals surface area contributed by atoms with Gasteiger partial charge in [-0.05, 0) is 44.6 Å². The van der Waals surface area contributed by atoms with Gasteiger partial charge >= 0.3 is 0 Å². The summed E-state index contributed by atoms with van der Waals surface area (Å²) in [4.78, 5) is 2.16. The van der Waals surface area contributed by atoms with E-state index in [2.05, 4.69) is 38.2 Å². The quantitative estimate of drug-likeness (QED) is 0.857. The topological polar surface area (TPSA) is 15.3 Å². The van der Waals surface area contributed by atoms with Crippen LogP contribution in [0.5, 0.6) is 0 Å². The molecule has 0 aliphatic heterocycles. The van der Waals surface area contributed by atoms with E-state index in [1.165, 1.54) is 6.07 Å². The van der Waals surface area contributed by atoms with Gasteiger partial charge in [-0.25, -0.2) is 4.39 Å². The lowest BCUT2D eigenvalue weighted by Gasteiger charge is -2.29. The van der Waals surface area contributed by atoms with Crippen molar-refractivity contribution in [3.8, 4) is 0 Å². The van der Waals surface area contributed by atoms with Crippen LogP contribution in [0.2, 0.25) is 5.02 Å². The molecule has 0 amide bonds. The lowest BCUT2D eigenvalue weighted by molar-refractivity contribution is 0.273. The fraction of sp³-hybridized carbons (Fsp3) is 0.600. The highest BCUT2D eigenvalue weighted by Gasteiger charge is 2.18. The van der Waals surface area contributed by atoms with Gasteiger partial charge in [0.1, 0.15) is 5.82 Å². The van der Waals surface area contributed by atoms with Crippen molar-refractivity contribution in [1.82, 2.24) is 10.2 Å². The summed E-state index contributed by atoms with van der Waals surface area (Å²) in [6.07, 6.45) is 0. The van der Waals surface area contributed by atoms with E-state index in [4.69, 9.17) is 11.6 Å². The minimum absolute atomic E-state index is 0.0964. The van der Waals surface area contributed by atoms with Gasteiger partial charge in [-0.2, -0.15) is 0 Å². The van der Waals surface area contributed by atoms with Crippen LogP contribution in [-0.4, -0.2) is 31.6 Å². The van der Waals surface area contributed by atoms with E-state index in [-0.39, 0.29) is 16.9 Å². The lowest BCUT2D eigenvalue weighted by atomic mass is 10.0. The number of rotatable bonds is 6. The highest BCUT2D eigenvalue weighted by atomic mass is 35.5. The molecule has 2 atom stereocenters. The standard InChI is InChI=1S/C15H24ClFN2/c1-10(2)15(9-19(4)5)18-11(3)12-6-7-13(16)14(17)8-12/h6-8,10-11,15,18H,9H2,1-5H3. The van der Waals surface area contributed by atoms with Crippen LogP contribution in [0.15, 0.2) is 18.2 Å². The van der Waals surface area contributed by atoms with Gasteiger partial charge in [0.15, 0.2) is 0 Å². The molecular formula is C15H24ClFN2. The highest BCUT2D eigenvalue weighted by molar-refractivity contribution is 6.30. The van der Waals surface area contributed by atoms with E-state index in [0.717, 1.165) is 12.1 Å².